The van der Waals surface area contributed by atoms with Crippen LogP contribution < -0.4 is 10.7 Å². The highest BCUT2D eigenvalue weighted by Gasteiger charge is 2.26. The Bertz CT molecular complexity index is 811. The Morgan fingerprint density at radius 1 is 1.27 bits per heavy atom. The standard InChI is InChI=1S/C20H25N3O3/c1-21-20(26)18-19(25)17(24)13-23(22-18)12-16(14-8-4-2-5-9-14)15-10-6-3-7-11-15/h2,4-5,8-9,13,15-16,24H,3,6-7,10-12H2,1H3,(H,21,26). The van der Waals surface area contributed by atoms with Crippen LogP contribution in [-0.2, 0) is 6.54 Å². The second kappa shape index (κ2) is 8.17. The van der Waals surface area contributed by atoms with Crippen LogP contribution in [0.1, 0.15) is 54.1 Å². The number of nitrogens with zero attached hydrogens (tertiary/aromatic N) is 2. The topological polar surface area (TPSA) is 84.2 Å². The number of carbonyl (C=O) groups excluding carboxylic acids is 1. The number of carbonyl (C=O) groups is 1. The highest BCUT2D eigenvalue weighted by atomic mass is 16.3. The smallest absolute Gasteiger partial charge is 0.275 e. The van der Waals surface area contributed by atoms with Crippen molar-refractivity contribution in [2.45, 2.75) is 44.6 Å². The fourth-order valence-corrected chi connectivity index (χ4v) is 3.85. The van der Waals surface area contributed by atoms with E-state index in [1.54, 1.807) is 0 Å². The van der Waals surface area contributed by atoms with Gasteiger partial charge >= 0.3 is 0 Å². The monoisotopic (exact) mass is 355 g/mol. The van der Waals surface area contributed by atoms with E-state index in [1.165, 1.54) is 42.8 Å². The van der Waals surface area contributed by atoms with Gasteiger partial charge in [-0.1, -0.05) is 49.6 Å². The summed E-state index contributed by atoms with van der Waals surface area (Å²) >= 11 is 0. The highest BCUT2D eigenvalue weighted by molar-refractivity contribution is 5.92. The number of aromatic hydroxyl groups is 1. The van der Waals surface area contributed by atoms with Crippen LogP contribution in [-0.4, -0.2) is 27.8 Å². The molecule has 1 aliphatic carbocycles. The van der Waals surface area contributed by atoms with Gasteiger partial charge < -0.3 is 10.4 Å². The maximum Gasteiger partial charge on any atom is 0.275 e. The largest absolute Gasteiger partial charge is 0.503 e. The molecule has 1 atom stereocenters. The minimum absolute atomic E-state index is 0.225. The first-order valence-electron chi connectivity index (χ1n) is 9.18. The van der Waals surface area contributed by atoms with Crippen LogP contribution >= 0.6 is 0 Å². The second-order valence-corrected chi connectivity index (χ2v) is 6.91. The molecule has 0 bridgehead atoms. The summed E-state index contributed by atoms with van der Waals surface area (Å²) in [7, 11) is 1.44. The summed E-state index contributed by atoms with van der Waals surface area (Å²) in [5.74, 6) is -0.288. The van der Waals surface area contributed by atoms with Gasteiger partial charge in [0, 0.05) is 19.5 Å². The fraction of sp³-hybridized carbons (Fsp3) is 0.450. The second-order valence-electron chi connectivity index (χ2n) is 6.91. The van der Waals surface area contributed by atoms with Crippen molar-refractivity contribution in [3.8, 4) is 5.75 Å². The number of aromatic nitrogens is 2. The van der Waals surface area contributed by atoms with Gasteiger partial charge in [-0.25, -0.2) is 0 Å². The first kappa shape index (κ1) is 18.2. The first-order chi connectivity index (χ1) is 12.6. The average Bonchev–Trinajstić information content (AvgIpc) is 2.69. The van der Waals surface area contributed by atoms with E-state index in [4.69, 9.17) is 0 Å². The van der Waals surface area contributed by atoms with Crippen molar-refractivity contribution in [2.24, 2.45) is 5.92 Å². The molecule has 138 valence electrons. The third-order valence-corrected chi connectivity index (χ3v) is 5.22. The molecule has 0 saturated heterocycles. The van der Waals surface area contributed by atoms with Gasteiger partial charge in [-0.3, -0.25) is 14.3 Å². The zero-order chi connectivity index (χ0) is 18.5. The zero-order valence-corrected chi connectivity index (χ0v) is 15.0. The number of nitrogens with one attached hydrogen (secondary N) is 1. The van der Waals surface area contributed by atoms with Gasteiger partial charge in [0.2, 0.25) is 0 Å². The fourth-order valence-electron chi connectivity index (χ4n) is 3.85. The molecule has 1 fully saturated rings. The first-order valence-corrected chi connectivity index (χ1v) is 9.18. The van der Waals surface area contributed by atoms with Gasteiger partial charge in [-0.05, 0) is 24.3 Å². The van der Waals surface area contributed by atoms with Crippen molar-refractivity contribution in [1.29, 1.82) is 0 Å². The van der Waals surface area contributed by atoms with Crippen LogP contribution in [0.3, 0.4) is 0 Å². The molecule has 1 saturated carbocycles. The normalized spacial score (nSPS) is 16.2. The highest BCUT2D eigenvalue weighted by Crippen LogP contribution is 2.37. The molecule has 1 amide bonds. The lowest BCUT2D eigenvalue weighted by atomic mass is 9.77. The van der Waals surface area contributed by atoms with Crippen molar-refractivity contribution < 1.29 is 9.90 Å². The molecule has 1 aromatic heterocycles. The van der Waals surface area contributed by atoms with E-state index in [9.17, 15) is 14.7 Å². The average molecular weight is 355 g/mol. The van der Waals surface area contributed by atoms with Crippen LogP contribution in [0.5, 0.6) is 5.75 Å². The van der Waals surface area contributed by atoms with Gasteiger partial charge in [-0.2, -0.15) is 5.10 Å². The lowest BCUT2D eigenvalue weighted by Gasteiger charge is -2.31. The number of benzene rings is 1. The van der Waals surface area contributed by atoms with Crippen molar-refractivity contribution in [3.05, 3.63) is 58.0 Å². The van der Waals surface area contributed by atoms with Crippen LogP contribution in [0.25, 0.3) is 0 Å². The minimum atomic E-state index is -0.741. The Balaban J connectivity index is 1.95. The molecule has 0 radical (unpaired) electrons. The van der Waals surface area contributed by atoms with Gasteiger partial charge in [0.15, 0.2) is 11.4 Å². The van der Waals surface area contributed by atoms with Crippen molar-refractivity contribution in [1.82, 2.24) is 15.1 Å². The molecule has 1 unspecified atom stereocenters. The van der Waals surface area contributed by atoms with Crippen LogP contribution in [0.4, 0.5) is 0 Å². The van der Waals surface area contributed by atoms with Gasteiger partial charge in [0.25, 0.3) is 11.3 Å². The predicted octanol–water partition coefficient (Wildman–Crippen LogP) is 2.67. The molecule has 6 heteroatoms. The Morgan fingerprint density at radius 2 is 1.96 bits per heavy atom. The molecule has 1 aliphatic rings. The quantitative estimate of drug-likeness (QED) is 0.864. The SMILES string of the molecule is CNC(=O)c1nn(CC(c2ccccc2)C2CCCCC2)cc(O)c1=O. The van der Waals surface area contributed by atoms with Crippen molar-refractivity contribution >= 4 is 5.91 Å². The summed E-state index contributed by atoms with van der Waals surface area (Å²) < 4.78 is 1.54. The summed E-state index contributed by atoms with van der Waals surface area (Å²) in [4.78, 5) is 23.9. The molecule has 1 aromatic carbocycles. The number of amides is 1. The molecule has 6 nitrogen and oxygen atoms in total. The van der Waals surface area contributed by atoms with E-state index in [2.05, 4.69) is 22.5 Å². The molecule has 2 N–H and O–H groups in total. The lowest BCUT2D eigenvalue weighted by molar-refractivity contribution is 0.0953. The van der Waals surface area contributed by atoms with Crippen molar-refractivity contribution in [3.63, 3.8) is 0 Å². The van der Waals surface area contributed by atoms with Crippen LogP contribution in [0.2, 0.25) is 0 Å². The molecule has 2 aromatic rings. The van der Waals surface area contributed by atoms with Gasteiger partial charge in [0.1, 0.15) is 0 Å². The Kier molecular flexibility index (Phi) is 5.71. The Labute approximate surface area is 152 Å². The van der Waals surface area contributed by atoms with Crippen LogP contribution in [0, 0.1) is 5.92 Å². The third-order valence-electron chi connectivity index (χ3n) is 5.22. The van der Waals surface area contributed by atoms with Gasteiger partial charge in [0.05, 0.1) is 6.20 Å². The molecule has 0 spiro atoms. The molecule has 26 heavy (non-hydrogen) atoms. The molecular weight excluding hydrogens is 330 g/mol. The minimum Gasteiger partial charge on any atom is -0.503 e. The molecule has 1 heterocycles. The van der Waals surface area contributed by atoms with Crippen molar-refractivity contribution in [2.75, 3.05) is 7.05 Å². The van der Waals surface area contributed by atoms with E-state index in [1.807, 2.05) is 18.2 Å². The summed E-state index contributed by atoms with van der Waals surface area (Å²) in [6.45, 7) is 0.520. The molecule has 3 rings (SSSR count). The van der Waals surface area contributed by atoms with E-state index < -0.39 is 17.1 Å². The molecular formula is C20H25N3O3. The molecule has 0 aliphatic heterocycles. The Morgan fingerprint density at radius 3 is 2.62 bits per heavy atom. The van der Waals surface area contributed by atoms with E-state index >= 15 is 0 Å². The Hall–Kier alpha value is -2.63. The number of hydrogen-bond donors (Lipinski definition) is 2. The van der Waals surface area contributed by atoms with E-state index in [0.29, 0.717) is 12.5 Å². The predicted molar refractivity (Wildman–Crippen MR) is 99.3 cm³/mol. The summed E-state index contributed by atoms with van der Waals surface area (Å²) in [5.41, 5.74) is 0.207. The third kappa shape index (κ3) is 3.95. The number of rotatable bonds is 5. The zero-order valence-electron chi connectivity index (χ0n) is 15.0. The summed E-state index contributed by atoms with van der Waals surface area (Å²) in [5, 5.41) is 16.6. The maximum atomic E-state index is 12.0. The summed E-state index contributed by atoms with van der Waals surface area (Å²) in [6.07, 6.45) is 7.37. The lowest BCUT2D eigenvalue weighted by Crippen LogP contribution is -2.30. The maximum absolute atomic E-state index is 12.0. The summed E-state index contributed by atoms with van der Waals surface area (Å²) in [6, 6.07) is 10.3. The van der Waals surface area contributed by atoms with E-state index in [0.717, 1.165) is 12.8 Å². The van der Waals surface area contributed by atoms with E-state index in [-0.39, 0.29) is 11.6 Å². The van der Waals surface area contributed by atoms with Gasteiger partial charge in [-0.15, -0.1) is 0 Å². The van der Waals surface area contributed by atoms with Crippen LogP contribution in [0.15, 0.2) is 41.3 Å². The number of hydrogen-bond acceptors (Lipinski definition) is 4.